The lowest BCUT2D eigenvalue weighted by Crippen LogP contribution is -2.49. The second kappa shape index (κ2) is 39.5. The van der Waals surface area contributed by atoms with E-state index in [2.05, 4.69) is 40.9 Å². The van der Waals surface area contributed by atoms with Crippen molar-refractivity contribution in [3.8, 4) is 23.0 Å². The molecule has 0 saturated carbocycles. The van der Waals surface area contributed by atoms with Gasteiger partial charge in [-0.15, -0.1) is 0 Å². The first-order chi connectivity index (χ1) is 62.7. The van der Waals surface area contributed by atoms with Crippen molar-refractivity contribution in [3.05, 3.63) is 169 Å². The fraction of sp³-hybridized carbons (Fsp3) is 0.417. The van der Waals surface area contributed by atoms with Gasteiger partial charge in [0.1, 0.15) is 71.8 Å². The van der Waals surface area contributed by atoms with Crippen molar-refractivity contribution in [2.45, 2.75) is 113 Å². The average Bonchev–Trinajstić information content (AvgIpc) is 1.58. The largest absolute Gasteiger partial charge is 0.492 e. The van der Waals surface area contributed by atoms with Crippen LogP contribution in [0.1, 0.15) is 123 Å². The first kappa shape index (κ1) is 90.2. The molecule has 0 aliphatic carbocycles. The van der Waals surface area contributed by atoms with Crippen molar-refractivity contribution in [2.24, 2.45) is 0 Å². The number of benzene rings is 8. The Bertz CT molecular complexity index is 6140. The molecule has 8 aromatic carbocycles. The molecule has 130 heavy (non-hydrogen) atoms. The lowest BCUT2D eigenvalue weighted by atomic mass is 9.89. The molecule has 20 rings (SSSR count). The van der Waals surface area contributed by atoms with Gasteiger partial charge in [-0.1, -0.05) is 24.3 Å². The number of sulfonamides is 2. The fourth-order valence-corrected chi connectivity index (χ4v) is 20.5. The third kappa shape index (κ3) is 20.9. The molecule has 32 nitrogen and oxygen atoms in total. The molecule has 8 aliphatic heterocycles. The quantitative estimate of drug-likeness (QED) is 0.0343. The van der Waals surface area contributed by atoms with Crippen LogP contribution < -0.4 is 40.2 Å². The summed E-state index contributed by atoms with van der Waals surface area (Å²) < 4.78 is 96.5. The first-order valence-electron chi connectivity index (χ1n) is 44.5. The molecule has 12 heterocycles. The molecule has 0 bridgehead atoms. The number of nitrogens with one attached hydrogen (secondary N) is 4. The summed E-state index contributed by atoms with van der Waals surface area (Å²) in [5.41, 5.74) is 6.11. The Morgan fingerprint density at radius 3 is 0.769 bits per heavy atom. The van der Waals surface area contributed by atoms with E-state index >= 15 is 0 Å². The number of aliphatic hydroxyl groups excluding tert-OH is 2. The average molecular weight is 1820 g/mol. The van der Waals surface area contributed by atoms with E-state index in [1.54, 1.807) is 25.1 Å². The highest BCUT2D eigenvalue weighted by Crippen LogP contribution is 2.44. The molecule has 0 unspecified atom stereocenters. The zero-order valence-corrected chi connectivity index (χ0v) is 74.1. The van der Waals surface area contributed by atoms with Crippen LogP contribution in [0.3, 0.4) is 0 Å². The predicted octanol–water partition coefficient (Wildman–Crippen LogP) is 10.0. The number of hydrogen-bond donors (Lipinski definition) is 6. The molecule has 4 atom stereocenters. The number of likely N-dealkylation sites (tertiary alicyclic amines) is 2. The number of fused-ring (bicyclic) bond motifs is 12. The van der Waals surface area contributed by atoms with Crippen LogP contribution in [0.25, 0.3) is 87.0 Å². The number of rotatable bonds is 22. The van der Waals surface area contributed by atoms with Crippen molar-refractivity contribution < 1.29 is 102 Å². The number of carbonyl (C=O) groups excluding carboxylic acids is 8. The molecule has 8 amide bonds. The topological polar surface area (TPSA) is 402 Å². The fourth-order valence-electron chi connectivity index (χ4n) is 18.9. The Kier molecular flexibility index (Phi) is 27.5. The van der Waals surface area contributed by atoms with E-state index in [0.29, 0.717) is 141 Å². The summed E-state index contributed by atoms with van der Waals surface area (Å²) in [4.78, 5) is 105. The molecular formula is C96H106N10O22S2. The van der Waals surface area contributed by atoms with E-state index in [1.165, 1.54) is 21.1 Å². The van der Waals surface area contributed by atoms with Crippen LogP contribution >= 0.6 is 0 Å². The predicted molar refractivity (Wildman–Crippen MR) is 486 cm³/mol. The normalized spacial score (nSPS) is 20.8. The Morgan fingerprint density at radius 2 is 0.546 bits per heavy atom. The van der Waals surface area contributed by atoms with Crippen molar-refractivity contribution in [1.29, 1.82) is 0 Å². The molecule has 6 N–H and O–H groups in total. The van der Waals surface area contributed by atoms with Gasteiger partial charge in [0.15, 0.2) is 0 Å². The van der Waals surface area contributed by atoms with Crippen LogP contribution in [0.5, 0.6) is 23.0 Å². The molecule has 8 fully saturated rings. The van der Waals surface area contributed by atoms with Crippen LogP contribution in [0, 0.1) is 0 Å². The maximum Gasteiger partial charge on any atom is 0.234 e. The maximum absolute atomic E-state index is 12.4. The monoisotopic (exact) mass is 1810 g/mol. The van der Waals surface area contributed by atoms with Crippen LogP contribution in [0.15, 0.2) is 164 Å². The second-order valence-electron chi connectivity index (χ2n) is 34.6. The molecule has 4 aromatic heterocycles. The maximum atomic E-state index is 12.4. The number of carbonyl (C=O) groups is 8. The summed E-state index contributed by atoms with van der Waals surface area (Å²) in [6.07, 6.45) is 15.2. The molecule has 8 saturated heterocycles. The Hall–Kier alpha value is -11.7. The van der Waals surface area contributed by atoms with Gasteiger partial charge >= 0.3 is 0 Å². The van der Waals surface area contributed by atoms with Crippen molar-refractivity contribution in [1.82, 2.24) is 49.5 Å². The number of piperidine rings is 6. The summed E-state index contributed by atoms with van der Waals surface area (Å²) >= 11 is 0. The van der Waals surface area contributed by atoms with Gasteiger partial charge in [0.05, 0.1) is 73.4 Å². The zero-order chi connectivity index (χ0) is 90.5. The Labute approximate surface area is 749 Å². The third-order valence-electron chi connectivity index (χ3n) is 26.1. The van der Waals surface area contributed by atoms with Gasteiger partial charge in [-0.05, 0) is 192 Å². The summed E-state index contributed by atoms with van der Waals surface area (Å²) in [7, 11) is -6.26. The van der Waals surface area contributed by atoms with E-state index in [9.17, 15) is 65.4 Å². The minimum absolute atomic E-state index is 0.164. The standard InChI is InChI=1S/2C24H27N3O6S.2C24H26N2O5/c2*1-34(30,31)27-10-8-26(9-11-27)12-13-32-17-3-4-18-16(14-17)2-6-21-23(18)20(15-33-21)19-5-7-22(28)25-24(19)29;2*27-16-7-9-26(10-8-16)11-12-30-17-2-3-18-15(13-17)1-5-21-23(18)20(14-31-21)19-4-6-22(28)25-24(19)29/h2*2-4,6,14-15,19H,5,7-13H2,1H3,(H,25,28,29);2*1-3,5,13-14,16,19,27H,4,6-12H2,(H,25,28,29)/t4*19-/m1010/s1. The summed E-state index contributed by atoms with van der Waals surface area (Å²) in [6.45, 7) is 13.7. The SMILES string of the molecule is CS(=O)(=O)N1CCN(CCOc2ccc3c(ccc4occ([C@@H]5CCC(=O)NC5=O)c43)c2)CC1.CS(=O)(=O)N1CCN(CCOc2ccc3c(ccc4occ([C@H]5CCC(=O)NC5=O)c43)c2)CC1.O=C1CC[C@@H](c2coc3ccc4cc(OCCN5CCC(O)CC5)ccc4c23)C(=O)N1.O=C1CC[C@H](c2coc3ccc4cc(OCCN5CCC(O)CC5)ccc4c23)C(=O)N1. The number of hydrogen-bond acceptors (Lipinski definition) is 26. The van der Waals surface area contributed by atoms with E-state index < -0.39 is 31.9 Å². The minimum Gasteiger partial charge on any atom is -0.492 e. The Morgan fingerprint density at radius 1 is 0.315 bits per heavy atom. The van der Waals surface area contributed by atoms with E-state index in [-0.39, 0.29) is 71.3 Å². The summed E-state index contributed by atoms with van der Waals surface area (Å²) in [5, 5.41) is 40.5. The number of furan rings is 4. The third-order valence-corrected chi connectivity index (χ3v) is 28.7. The molecule has 684 valence electrons. The molecule has 34 heteroatoms. The van der Waals surface area contributed by atoms with Gasteiger partial charge in [-0.2, -0.15) is 8.61 Å². The lowest BCUT2D eigenvalue weighted by Gasteiger charge is -2.33. The first-order valence-corrected chi connectivity index (χ1v) is 48.2. The highest BCUT2D eigenvalue weighted by atomic mass is 32.2. The van der Waals surface area contributed by atoms with E-state index in [1.807, 2.05) is 121 Å². The van der Waals surface area contributed by atoms with Gasteiger partial charge in [0, 0.05) is 174 Å². The smallest absolute Gasteiger partial charge is 0.234 e. The molecule has 0 spiro atoms. The van der Waals surface area contributed by atoms with Gasteiger partial charge < -0.3 is 46.8 Å². The number of piperazine rings is 2. The van der Waals surface area contributed by atoms with Crippen LogP contribution in [-0.2, 0) is 58.4 Å². The number of ether oxygens (including phenoxy) is 4. The number of nitrogens with zero attached hydrogens (tertiary/aromatic N) is 6. The van der Waals surface area contributed by atoms with Crippen LogP contribution in [0.2, 0.25) is 0 Å². The second-order valence-corrected chi connectivity index (χ2v) is 38.6. The molecule has 12 aromatic rings. The summed E-state index contributed by atoms with van der Waals surface area (Å²) in [6, 6.07) is 39.2. The van der Waals surface area contributed by atoms with Gasteiger partial charge in [-0.3, -0.25) is 79.2 Å². The van der Waals surface area contributed by atoms with Gasteiger partial charge in [0.25, 0.3) is 0 Å². The van der Waals surface area contributed by atoms with Crippen molar-refractivity contribution in [3.63, 3.8) is 0 Å². The van der Waals surface area contributed by atoms with Crippen LogP contribution in [0.4, 0.5) is 0 Å². The highest BCUT2D eigenvalue weighted by molar-refractivity contribution is 7.88. The van der Waals surface area contributed by atoms with Crippen molar-refractivity contribution in [2.75, 3.05) is 144 Å². The Balaban J connectivity index is 0.000000122. The van der Waals surface area contributed by atoms with Gasteiger partial charge in [-0.25, -0.2) is 16.8 Å². The summed E-state index contributed by atoms with van der Waals surface area (Å²) in [5.74, 6) is -0.521. The van der Waals surface area contributed by atoms with Crippen LogP contribution in [-0.4, -0.2) is 258 Å². The highest BCUT2D eigenvalue weighted by Gasteiger charge is 2.37. The van der Waals surface area contributed by atoms with E-state index in [0.717, 1.165) is 199 Å². The van der Waals surface area contributed by atoms with Gasteiger partial charge in [0.2, 0.25) is 67.3 Å². The number of amides is 8. The number of aliphatic hydroxyl groups is 2. The molecule has 0 radical (unpaired) electrons. The van der Waals surface area contributed by atoms with E-state index in [4.69, 9.17) is 36.6 Å². The van der Waals surface area contributed by atoms with Crippen molar-refractivity contribution >= 4 is 154 Å². The minimum atomic E-state index is -3.13. The molecular weight excluding hydrogens is 1710 g/mol. The zero-order valence-electron chi connectivity index (χ0n) is 72.5. The molecule has 8 aliphatic rings. The number of imide groups is 4. The lowest BCUT2D eigenvalue weighted by molar-refractivity contribution is -0.135.